The van der Waals surface area contributed by atoms with Gasteiger partial charge in [0.1, 0.15) is 30.9 Å². The van der Waals surface area contributed by atoms with Gasteiger partial charge < -0.3 is 20.1 Å². The number of H-pyrrole nitrogens is 1. The molecule has 11 nitrogen and oxygen atoms in total. The molecule has 1 saturated heterocycles. The molecule has 1 fully saturated rings. The number of benzene rings is 1. The van der Waals surface area contributed by atoms with Crippen molar-refractivity contribution in [2.75, 3.05) is 25.0 Å². The molecule has 0 aliphatic carbocycles. The van der Waals surface area contributed by atoms with E-state index < -0.39 is 24.8 Å². The molecule has 3 aromatic rings. The Morgan fingerprint density at radius 3 is 3.03 bits per heavy atom. The summed E-state index contributed by atoms with van der Waals surface area (Å²) < 4.78 is 20.3. The van der Waals surface area contributed by atoms with E-state index in [-0.39, 0.29) is 30.8 Å². The van der Waals surface area contributed by atoms with Gasteiger partial charge in [0.2, 0.25) is 11.9 Å². The van der Waals surface area contributed by atoms with E-state index in [4.69, 9.17) is 9.84 Å². The van der Waals surface area contributed by atoms with Crippen LogP contribution in [-0.4, -0.2) is 73.0 Å². The van der Waals surface area contributed by atoms with Crippen molar-refractivity contribution in [2.45, 2.75) is 18.7 Å². The number of ether oxygens (including phenoxy) is 1. The lowest BCUT2D eigenvalue weighted by molar-refractivity contribution is -0.138. The number of nitrogens with zero attached hydrogens (tertiary/aromatic N) is 6. The van der Waals surface area contributed by atoms with E-state index in [0.29, 0.717) is 23.0 Å². The largest absolute Gasteiger partial charge is 0.486 e. The summed E-state index contributed by atoms with van der Waals surface area (Å²) in [6.45, 7) is -0.558. The van der Waals surface area contributed by atoms with Crippen molar-refractivity contribution in [2.24, 2.45) is 0 Å². The first kappa shape index (κ1) is 21.1. The van der Waals surface area contributed by atoms with Gasteiger partial charge in [-0.15, -0.1) is 0 Å². The van der Waals surface area contributed by atoms with Gasteiger partial charge in [0.25, 0.3) is 0 Å². The zero-order chi connectivity index (χ0) is 22.5. The van der Waals surface area contributed by atoms with Crippen LogP contribution in [0.5, 0.6) is 5.75 Å². The Labute approximate surface area is 181 Å². The number of hydrogen-bond acceptors (Lipinski definition) is 9. The van der Waals surface area contributed by atoms with Crippen LogP contribution in [0.3, 0.4) is 0 Å². The third-order valence-corrected chi connectivity index (χ3v) is 4.93. The van der Waals surface area contributed by atoms with Crippen LogP contribution < -0.4 is 10.1 Å². The van der Waals surface area contributed by atoms with Crippen molar-refractivity contribution in [3.05, 3.63) is 42.5 Å². The first-order chi connectivity index (χ1) is 15.6. The Morgan fingerprint density at radius 2 is 2.31 bits per heavy atom. The molecule has 1 unspecified atom stereocenters. The number of aromatic nitrogens is 5. The maximum Gasteiger partial charge on any atom is 0.248 e. The van der Waals surface area contributed by atoms with Gasteiger partial charge in [-0.05, 0) is 18.2 Å². The van der Waals surface area contributed by atoms with Gasteiger partial charge in [0.15, 0.2) is 12.0 Å². The number of carbonyl (C=O) groups is 1. The fourth-order valence-corrected chi connectivity index (χ4v) is 3.31. The summed E-state index contributed by atoms with van der Waals surface area (Å²) in [5.41, 5.74) is 1.44. The minimum absolute atomic E-state index is 0.165. The molecule has 4 rings (SSSR count). The Kier molecular flexibility index (Phi) is 6.18. The lowest BCUT2D eigenvalue weighted by atomic mass is 10.0. The molecule has 2 atom stereocenters. The molecule has 1 aliphatic rings. The van der Waals surface area contributed by atoms with E-state index in [0.717, 1.165) is 0 Å². The SMILES string of the molecule is N#Cc1cc(-c2ncnc(Nc3cn[nH]c3)n2)ccc1O[C@H]1CCN(C(=O)CO)CC1F. The van der Waals surface area contributed by atoms with Crippen molar-refractivity contribution < 1.29 is 19.0 Å². The second kappa shape index (κ2) is 9.36. The van der Waals surface area contributed by atoms with Crippen molar-refractivity contribution >= 4 is 17.5 Å². The number of aliphatic hydroxyl groups is 1. The van der Waals surface area contributed by atoms with Crippen LogP contribution in [0.4, 0.5) is 16.0 Å². The minimum Gasteiger partial charge on any atom is -0.486 e. The third kappa shape index (κ3) is 4.62. The summed E-state index contributed by atoms with van der Waals surface area (Å²) >= 11 is 0. The average molecular weight is 438 g/mol. The summed E-state index contributed by atoms with van der Waals surface area (Å²) in [4.78, 5) is 25.4. The van der Waals surface area contributed by atoms with Crippen molar-refractivity contribution in [3.63, 3.8) is 0 Å². The van der Waals surface area contributed by atoms with Gasteiger partial charge in [-0.3, -0.25) is 9.89 Å². The summed E-state index contributed by atoms with van der Waals surface area (Å²) in [6.07, 6.45) is 2.56. The van der Waals surface area contributed by atoms with E-state index in [1.54, 1.807) is 30.6 Å². The highest BCUT2D eigenvalue weighted by atomic mass is 19.1. The van der Waals surface area contributed by atoms with Crippen LogP contribution in [0, 0.1) is 11.3 Å². The molecule has 164 valence electrons. The number of carbonyl (C=O) groups excluding carboxylic acids is 1. The van der Waals surface area contributed by atoms with E-state index in [1.807, 2.05) is 0 Å². The number of alkyl halides is 1. The summed E-state index contributed by atoms with van der Waals surface area (Å²) in [5.74, 6) is 0.358. The third-order valence-electron chi connectivity index (χ3n) is 4.93. The number of aromatic amines is 1. The highest BCUT2D eigenvalue weighted by Gasteiger charge is 2.33. The fourth-order valence-electron chi connectivity index (χ4n) is 3.31. The van der Waals surface area contributed by atoms with Crippen molar-refractivity contribution in [1.82, 2.24) is 30.0 Å². The van der Waals surface area contributed by atoms with Crippen LogP contribution in [0.15, 0.2) is 36.9 Å². The molecule has 32 heavy (non-hydrogen) atoms. The molecule has 0 saturated carbocycles. The Balaban J connectivity index is 1.49. The van der Waals surface area contributed by atoms with Crippen LogP contribution in [0.1, 0.15) is 12.0 Å². The molecule has 1 aliphatic heterocycles. The first-order valence-corrected chi connectivity index (χ1v) is 9.76. The predicted molar refractivity (Wildman–Crippen MR) is 109 cm³/mol. The quantitative estimate of drug-likeness (QED) is 0.515. The average Bonchev–Trinajstić information content (AvgIpc) is 3.33. The normalized spacial score (nSPS) is 18.1. The monoisotopic (exact) mass is 438 g/mol. The molecule has 2 aromatic heterocycles. The summed E-state index contributed by atoms with van der Waals surface area (Å²) in [5, 5.41) is 28.0. The van der Waals surface area contributed by atoms with E-state index in [9.17, 15) is 14.4 Å². The van der Waals surface area contributed by atoms with E-state index >= 15 is 0 Å². The maximum atomic E-state index is 14.5. The molecule has 1 aromatic carbocycles. The van der Waals surface area contributed by atoms with Crippen LogP contribution in [0.25, 0.3) is 11.4 Å². The number of aliphatic hydroxyl groups excluding tert-OH is 1. The van der Waals surface area contributed by atoms with Gasteiger partial charge in [-0.25, -0.2) is 14.4 Å². The molecular formula is C20H19FN8O3. The number of hydrogen-bond donors (Lipinski definition) is 3. The van der Waals surface area contributed by atoms with Crippen LogP contribution in [-0.2, 0) is 4.79 Å². The smallest absolute Gasteiger partial charge is 0.248 e. The molecular weight excluding hydrogens is 419 g/mol. The van der Waals surface area contributed by atoms with Crippen LogP contribution >= 0.6 is 0 Å². The number of likely N-dealkylation sites (tertiary alicyclic amines) is 1. The van der Waals surface area contributed by atoms with Gasteiger partial charge in [-0.1, -0.05) is 0 Å². The Bertz CT molecular complexity index is 1130. The molecule has 12 heteroatoms. The number of amides is 1. The minimum atomic E-state index is -1.44. The molecule has 0 bridgehead atoms. The standard InChI is InChI=1S/C20H19FN8O3/c21-15-9-29(18(31)10-30)4-3-17(15)32-16-2-1-12(5-13(16)6-22)19-23-11-24-20(28-19)27-14-7-25-26-8-14/h1-2,5,7-8,11,15,17,30H,3-4,9-10H2,(H,25,26)(H,23,24,27,28)/t15?,17-/m0/s1. The Morgan fingerprint density at radius 1 is 1.44 bits per heavy atom. The second-order valence-electron chi connectivity index (χ2n) is 7.03. The topological polar surface area (TPSA) is 153 Å². The zero-order valence-electron chi connectivity index (χ0n) is 16.8. The number of anilines is 2. The maximum absolute atomic E-state index is 14.5. The lowest BCUT2D eigenvalue weighted by Crippen LogP contribution is -2.50. The first-order valence-electron chi connectivity index (χ1n) is 9.76. The van der Waals surface area contributed by atoms with Gasteiger partial charge in [0.05, 0.1) is 24.0 Å². The van der Waals surface area contributed by atoms with Crippen molar-refractivity contribution in [1.29, 1.82) is 5.26 Å². The number of piperidine rings is 1. The number of nitrogens with one attached hydrogen (secondary N) is 2. The number of halogens is 1. The van der Waals surface area contributed by atoms with Gasteiger partial charge >= 0.3 is 0 Å². The molecule has 0 radical (unpaired) electrons. The predicted octanol–water partition coefficient (Wildman–Crippen LogP) is 1.19. The lowest BCUT2D eigenvalue weighted by Gasteiger charge is -2.34. The molecule has 0 spiro atoms. The number of nitriles is 1. The highest BCUT2D eigenvalue weighted by Crippen LogP contribution is 2.28. The highest BCUT2D eigenvalue weighted by molar-refractivity contribution is 5.77. The van der Waals surface area contributed by atoms with E-state index in [1.165, 1.54) is 11.2 Å². The van der Waals surface area contributed by atoms with Gasteiger partial charge in [-0.2, -0.15) is 15.3 Å². The zero-order valence-corrected chi connectivity index (χ0v) is 16.8. The fraction of sp³-hybridized carbons (Fsp3) is 0.300. The number of rotatable bonds is 6. The Hall–Kier alpha value is -4.11. The van der Waals surface area contributed by atoms with E-state index in [2.05, 4.69) is 36.5 Å². The van der Waals surface area contributed by atoms with Crippen molar-refractivity contribution in [3.8, 4) is 23.2 Å². The molecule has 3 heterocycles. The molecule has 1 amide bonds. The summed E-state index contributed by atoms with van der Waals surface area (Å²) in [7, 11) is 0. The second-order valence-corrected chi connectivity index (χ2v) is 7.03. The summed E-state index contributed by atoms with van der Waals surface area (Å²) in [6, 6.07) is 6.85. The van der Waals surface area contributed by atoms with Gasteiger partial charge in [0, 0.05) is 24.7 Å². The van der Waals surface area contributed by atoms with Crippen LogP contribution in [0.2, 0.25) is 0 Å². The molecule has 3 N–H and O–H groups in total.